The van der Waals surface area contributed by atoms with Crippen LogP contribution < -0.4 is 10.1 Å². The number of hydrogen-bond acceptors (Lipinski definition) is 3. The van der Waals surface area contributed by atoms with Crippen LogP contribution in [-0.4, -0.2) is 25.5 Å². The quantitative estimate of drug-likeness (QED) is 0.777. The van der Waals surface area contributed by atoms with Crippen LogP contribution in [-0.2, 0) is 5.41 Å². The molecule has 0 aliphatic rings. The molecule has 3 nitrogen and oxygen atoms in total. The fraction of sp³-hybridized carbons (Fsp3) is 0.500. The Morgan fingerprint density at radius 1 is 1.29 bits per heavy atom. The van der Waals surface area contributed by atoms with Crippen LogP contribution in [0.4, 0.5) is 8.78 Å². The summed E-state index contributed by atoms with van der Waals surface area (Å²) in [5.74, 6) is -1.23. The van der Waals surface area contributed by atoms with Crippen LogP contribution in [0.5, 0.6) is 5.75 Å². The molecule has 0 aliphatic carbocycles. The van der Waals surface area contributed by atoms with Crippen molar-refractivity contribution in [2.45, 2.75) is 19.3 Å². The van der Waals surface area contributed by atoms with Gasteiger partial charge in [0.2, 0.25) is 0 Å². The summed E-state index contributed by atoms with van der Waals surface area (Å²) in [5.41, 5.74) is -0.378. The molecular weight excluding hydrogens is 228 g/mol. The number of nitrogens with one attached hydrogen (secondary N) is 1. The van der Waals surface area contributed by atoms with Gasteiger partial charge in [0, 0.05) is 18.0 Å². The molecule has 0 bridgehead atoms. The molecular formula is C12H17F2NO2. The number of hydrogen-bond donors (Lipinski definition) is 2. The van der Waals surface area contributed by atoms with Gasteiger partial charge in [-0.1, -0.05) is 13.8 Å². The zero-order valence-corrected chi connectivity index (χ0v) is 10.2. The summed E-state index contributed by atoms with van der Waals surface area (Å²) in [6, 6.07) is 2.17. The maximum absolute atomic E-state index is 13.8. The van der Waals surface area contributed by atoms with E-state index in [0.717, 1.165) is 12.1 Å². The van der Waals surface area contributed by atoms with E-state index in [4.69, 9.17) is 9.84 Å². The van der Waals surface area contributed by atoms with Gasteiger partial charge in [-0.05, 0) is 11.6 Å². The topological polar surface area (TPSA) is 41.5 Å². The summed E-state index contributed by atoms with van der Waals surface area (Å²) in [5, 5.41) is 11.4. The van der Waals surface area contributed by atoms with Crippen LogP contribution in [0.25, 0.3) is 0 Å². The van der Waals surface area contributed by atoms with Gasteiger partial charge < -0.3 is 9.84 Å². The van der Waals surface area contributed by atoms with Crippen molar-refractivity contribution in [1.82, 2.24) is 5.32 Å². The number of halogens is 2. The SMILES string of the molecule is COc1cc(F)c(C(C)(C)CNCO)cc1F. The van der Waals surface area contributed by atoms with Crippen LogP contribution in [0, 0.1) is 11.6 Å². The molecule has 5 heteroatoms. The van der Waals surface area contributed by atoms with Crippen molar-refractivity contribution < 1.29 is 18.6 Å². The van der Waals surface area contributed by atoms with Crippen LogP contribution in [0.2, 0.25) is 0 Å². The summed E-state index contributed by atoms with van der Waals surface area (Å²) in [4.78, 5) is 0. The smallest absolute Gasteiger partial charge is 0.165 e. The highest BCUT2D eigenvalue weighted by Gasteiger charge is 2.25. The molecule has 0 fully saturated rings. The highest BCUT2D eigenvalue weighted by Crippen LogP contribution is 2.30. The van der Waals surface area contributed by atoms with Gasteiger partial charge in [0.1, 0.15) is 5.82 Å². The Morgan fingerprint density at radius 2 is 1.94 bits per heavy atom. The molecule has 2 N–H and O–H groups in total. The first-order valence-electron chi connectivity index (χ1n) is 5.27. The lowest BCUT2D eigenvalue weighted by Gasteiger charge is -2.26. The second-order valence-electron chi connectivity index (χ2n) is 4.44. The van der Waals surface area contributed by atoms with Crippen LogP contribution >= 0.6 is 0 Å². The van der Waals surface area contributed by atoms with E-state index in [1.807, 2.05) is 0 Å². The Kier molecular flexibility index (Phi) is 4.42. The van der Waals surface area contributed by atoms with Gasteiger partial charge in [-0.25, -0.2) is 8.78 Å². The van der Waals surface area contributed by atoms with Gasteiger partial charge in [0.25, 0.3) is 0 Å². The van der Waals surface area contributed by atoms with Gasteiger partial charge in [-0.15, -0.1) is 0 Å². The number of benzene rings is 1. The highest BCUT2D eigenvalue weighted by molar-refractivity contribution is 5.35. The van der Waals surface area contributed by atoms with E-state index in [1.54, 1.807) is 13.8 Å². The number of rotatable bonds is 5. The van der Waals surface area contributed by atoms with Crippen molar-refractivity contribution >= 4 is 0 Å². The second kappa shape index (κ2) is 5.42. The lowest BCUT2D eigenvalue weighted by atomic mass is 9.84. The number of ether oxygens (including phenoxy) is 1. The minimum atomic E-state index is -0.625. The molecule has 0 aliphatic heterocycles. The molecule has 0 saturated carbocycles. The monoisotopic (exact) mass is 245 g/mol. The summed E-state index contributed by atoms with van der Waals surface area (Å²) in [6.07, 6.45) is 0. The first-order chi connectivity index (χ1) is 7.92. The van der Waals surface area contributed by atoms with E-state index in [1.165, 1.54) is 7.11 Å². The average Bonchev–Trinajstić information content (AvgIpc) is 2.28. The van der Waals surface area contributed by atoms with Gasteiger partial charge in [0.15, 0.2) is 11.6 Å². The van der Waals surface area contributed by atoms with Gasteiger partial charge >= 0.3 is 0 Å². The lowest BCUT2D eigenvalue weighted by molar-refractivity contribution is 0.246. The predicted octanol–water partition coefficient (Wildman–Crippen LogP) is 1.79. The van der Waals surface area contributed by atoms with Crippen molar-refractivity contribution in [2.24, 2.45) is 0 Å². The molecule has 0 saturated heterocycles. The standard InChI is InChI=1S/C12H17F2NO2/c1-12(2,6-15-7-16)8-4-10(14)11(17-3)5-9(8)13/h4-5,15-16H,6-7H2,1-3H3. The van der Waals surface area contributed by atoms with E-state index in [9.17, 15) is 8.78 Å². The third-order valence-corrected chi connectivity index (χ3v) is 2.65. The van der Waals surface area contributed by atoms with Crippen LogP contribution in [0.15, 0.2) is 12.1 Å². The van der Waals surface area contributed by atoms with E-state index in [2.05, 4.69) is 5.32 Å². The van der Waals surface area contributed by atoms with Crippen molar-refractivity contribution in [3.8, 4) is 5.75 Å². The molecule has 96 valence electrons. The van der Waals surface area contributed by atoms with Gasteiger partial charge in [0.05, 0.1) is 13.8 Å². The number of aliphatic hydroxyl groups excluding tert-OH is 1. The molecule has 1 aromatic rings. The number of methoxy groups -OCH3 is 1. The van der Waals surface area contributed by atoms with Crippen molar-refractivity contribution in [2.75, 3.05) is 20.4 Å². The summed E-state index contributed by atoms with van der Waals surface area (Å²) in [7, 11) is 1.29. The molecule has 0 atom stereocenters. The van der Waals surface area contributed by atoms with E-state index < -0.39 is 17.0 Å². The fourth-order valence-corrected chi connectivity index (χ4v) is 1.67. The zero-order valence-electron chi connectivity index (χ0n) is 10.2. The molecule has 1 aromatic carbocycles. The van der Waals surface area contributed by atoms with E-state index >= 15 is 0 Å². The Bertz CT molecular complexity index is 394. The Morgan fingerprint density at radius 3 is 2.47 bits per heavy atom. The molecule has 0 heterocycles. The Balaban J connectivity index is 3.09. The van der Waals surface area contributed by atoms with Crippen molar-refractivity contribution in [3.63, 3.8) is 0 Å². The summed E-state index contributed by atoms with van der Waals surface area (Å²) >= 11 is 0. The van der Waals surface area contributed by atoms with E-state index in [-0.39, 0.29) is 18.0 Å². The van der Waals surface area contributed by atoms with Crippen LogP contribution in [0.3, 0.4) is 0 Å². The maximum atomic E-state index is 13.8. The largest absolute Gasteiger partial charge is 0.494 e. The third kappa shape index (κ3) is 3.14. The summed E-state index contributed by atoms with van der Waals surface area (Å²) in [6.45, 7) is 3.66. The van der Waals surface area contributed by atoms with E-state index in [0.29, 0.717) is 6.54 Å². The lowest BCUT2D eigenvalue weighted by Crippen LogP contribution is -2.34. The third-order valence-electron chi connectivity index (χ3n) is 2.65. The molecule has 0 radical (unpaired) electrons. The normalized spacial score (nSPS) is 11.6. The molecule has 0 unspecified atom stereocenters. The zero-order chi connectivity index (χ0) is 13.1. The maximum Gasteiger partial charge on any atom is 0.165 e. The first-order valence-corrected chi connectivity index (χ1v) is 5.27. The number of aliphatic hydroxyl groups is 1. The van der Waals surface area contributed by atoms with Crippen molar-refractivity contribution in [3.05, 3.63) is 29.3 Å². The van der Waals surface area contributed by atoms with Crippen LogP contribution in [0.1, 0.15) is 19.4 Å². The highest BCUT2D eigenvalue weighted by atomic mass is 19.1. The Hall–Kier alpha value is -1.20. The average molecular weight is 245 g/mol. The molecule has 1 rings (SSSR count). The van der Waals surface area contributed by atoms with Crippen molar-refractivity contribution in [1.29, 1.82) is 0 Å². The summed E-state index contributed by atoms with van der Waals surface area (Å²) < 4.78 is 32.0. The fourth-order valence-electron chi connectivity index (χ4n) is 1.67. The first kappa shape index (κ1) is 13.9. The van der Waals surface area contributed by atoms with Gasteiger partial charge in [-0.2, -0.15) is 0 Å². The molecule has 0 amide bonds. The second-order valence-corrected chi connectivity index (χ2v) is 4.44. The molecule has 17 heavy (non-hydrogen) atoms. The minimum Gasteiger partial charge on any atom is -0.494 e. The van der Waals surface area contributed by atoms with Gasteiger partial charge in [-0.3, -0.25) is 5.32 Å². The minimum absolute atomic E-state index is 0.114. The molecule has 0 aromatic heterocycles. The Labute approximate surface area is 99.4 Å². The molecule has 0 spiro atoms. The predicted molar refractivity (Wildman–Crippen MR) is 61.0 cm³/mol.